The minimum Gasteiger partial charge on any atom is -0.389 e. The van der Waals surface area contributed by atoms with Crippen LogP contribution in [0.3, 0.4) is 0 Å². The molecule has 6 heteroatoms. The van der Waals surface area contributed by atoms with Crippen molar-refractivity contribution in [2.24, 2.45) is 5.73 Å². The van der Waals surface area contributed by atoms with Crippen molar-refractivity contribution in [2.75, 3.05) is 18.9 Å². The number of thiocarbonyl (C=S) groups is 1. The first-order valence-electron chi connectivity index (χ1n) is 7.00. The summed E-state index contributed by atoms with van der Waals surface area (Å²) in [5.41, 5.74) is 7.58. The van der Waals surface area contributed by atoms with Gasteiger partial charge < -0.3 is 15.8 Å². The second kappa shape index (κ2) is 8.36. The summed E-state index contributed by atoms with van der Waals surface area (Å²) in [5.74, 6) is 1.32. The van der Waals surface area contributed by atoms with Crippen LogP contribution in [0.1, 0.15) is 24.0 Å². The van der Waals surface area contributed by atoms with Crippen molar-refractivity contribution in [2.45, 2.75) is 24.7 Å². The number of ether oxygens (including phenoxy) is 1. The highest BCUT2D eigenvalue weighted by atomic mass is 32.2. The Bertz CT molecular complexity index is 485. The molecular formula is C15H20N2O2S2. The summed E-state index contributed by atoms with van der Waals surface area (Å²) >= 11 is 6.51. The Morgan fingerprint density at radius 3 is 2.81 bits per heavy atom. The second-order valence-electron chi connectivity index (χ2n) is 4.99. The van der Waals surface area contributed by atoms with Gasteiger partial charge in [-0.1, -0.05) is 36.5 Å². The van der Waals surface area contributed by atoms with Crippen molar-refractivity contribution in [3.63, 3.8) is 0 Å². The second-order valence-corrected chi connectivity index (χ2v) is 6.42. The zero-order valence-electron chi connectivity index (χ0n) is 11.8. The van der Waals surface area contributed by atoms with Gasteiger partial charge in [0.15, 0.2) is 0 Å². The Hall–Kier alpha value is -1.11. The third-order valence-electron chi connectivity index (χ3n) is 3.29. The minimum atomic E-state index is 0.0651. The van der Waals surface area contributed by atoms with Gasteiger partial charge >= 0.3 is 0 Å². The third-order valence-corrected chi connectivity index (χ3v) is 4.53. The van der Waals surface area contributed by atoms with Gasteiger partial charge in [0.1, 0.15) is 4.99 Å². The van der Waals surface area contributed by atoms with Gasteiger partial charge in [-0.3, -0.25) is 4.79 Å². The Morgan fingerprint density at radius 1 is 1.43 bits per heavy atom. The monoisotopic (exact) mass is 324 g/mol. The van der Waals surface area contributed by atoms with Crippen molar-refractivity contribution >= 4 is 34.9 Å². The molecule has 0 bridgehead atoms. The molecule has 1 unspecified atom stereocenters. The lowest BCUT2D eigenvalue weighted by Crippen LogP contribution is -2.32. The lowest BCUT2D eigenvalue weighted by atomic mass is 10.1. The van der Waals surface area contributed by atoms with Crippen LogP contribution in [0.5, 0.6) is 0 Å². The van der Waals surface area contributed by atoms with Crippen molar-refractivity contribution < 1.29 is 9.53 Å². The summed E-state index contributed by atoms with van der Waals surface area (Å²) in [6, 6.07) is 7.81. The zero-order valence-corrected chi connectivity index (χ0v) is 13.5. The molecule has 1 aliphatic rings. The molecule has 1 atom stereocenters. The van der Waals surface area contributed by atoms with Crippen LogP contribution in [0, 0.1) is 0 Å². The van der Waals surface area contributed by atoms with E-state index in [1.807, 2.05) is 24.3 Å². The van der Waals surface area contributed by atoms with E-state index in [0.29, 0.717) is 17.3 Å². The summed E-state index contributed by atoms with van der Waals surface area (Å²) in [6.45, 7) is 1.44. The standard InChI is InChI=1S/C15H20N2O2S2/c16-15(20)12-5-3-11(4-6-12)9-21-10-14(18)17-8-13-2-1-7-19-13/h3-6,13H,1-2,7-10H2,(H2,16,20)(H,17,18). The van der Waals surface area contributed by atoms with Crippen LogP contribution in [0.4, 0.5) is 0 Å². The van der Waals surface area contributed by atoms with Crippen LogP contribution < -0.4 is 11.1 Å². The van der Waals surface area contributed by atoms with E-state index in [2.05, 4.69) is 5.32 Å². The highest BCUT2D eigenvalue weighted by molar-refractivity contribution is 7.99. The van der Waals surface area contributed by atoms with Crippen LogP contribution in [-0.2, 0) is 15.3 Å². The quantitative estimate of drug-likeness (QED) is 0.750. The van der Waals surface area contributed by atoms with E-state index < -0.39 is 0 Å². The molecule has 1 amide bonds. The normalized spacial score (nSPS) is 17.6. The van der Waals surface area contributed by atoms with E-state index in [1.165, 1.54) is 0 Å². The molecule has 1 heterocycles. The average Bonchev–Trinajstić information content (AvgIpc) is 2.99. The maximum absolute atomic E-state index is 11.7. The van der Waals surface area contributed by atoms with Crippen molar-refractivity contribution in [1.29, 1.82) is 0 Å². The number of benzene rings is 1. The van der Waals surface area contributed by atoms with E-state index in [-0.39, 0.29) is 12.0 Å². The first-order valence-corrected chi connectivity index (χ1v) is 8.56. The fourth-order valence-corrected chi connectivity index (χ4v) is 3.06. The molecule has 1 fully saturated rings. The van der Waals surface area contributed by atoms with Crippen LogP contribution in [0.25, 0.3) is 0 Å². The maximum Gasteiger partial charge on any atom is 0.230 e. The molecule has 0 saturated carbocycles. The molecule has 114 valence electrons. The number of hydrogen-bond acceptors (Lipinski definition) is 4. The van der Waals surface area contributed by atoms with Gasteiger partial charge in [0, 0.05) is 24.5 Å². The number of thioether (sulfide) groups is 1. The fraction of sp³-hybridized carbons (Fsp3) is 0.467. The molecule has 1 aromatic rings. The molecule has 1 aromatic carbocycles. The largest absolute Gasteiger partial charge is 0.389 e. The predicted molar refractivity (Wildman–Crippen MR) is 90.5 cm³/mol. The van der Waals surface area contributed by atoms with Crippen LogP contribution in [0.15, 0.2) is 24.3 Å². The van der Waals surface area contributed by atoms with Crippen LogP contribution in [0.2, 0.25) is 0 Å². The summed E-state index contributed by atoms with van der Waals surface area (Å²) in [4.78, 5) is 12.1. The number of hydrogen-bond donors (Lipinski definition) is 2. The first kappa shape index (κ1) is 16.3. The Balaban J connectivity index is 1.63. The number of nitrogens with one attached hydrogen (secondary N) is 1. The topological polar surface area (TPSA) is 64.4 Å². The lowest BCUT2D eigenvalue weighted by molar-refractivity contribution is -0.119. The number of rotatable bonds is 7. The highest BCUT2D eigenvalue weighted by Gasteiger charge is 2.15. The smallest absolute Gasteiger partial charge is 0.230 e. The SMILES string of the molecule is NC(=S)c1ccc(CSCC(=O)NCC2CCCO2)cc1. The van der Waals surface area contributed by atoms with Gasteiger partial charge in [0.2, 0.25) is 5.91 Å². The van der Waals surface area contributed by atoms with Gasteiger partial charge in [0.25, 0.3) is 0 Å². The Morgan fingerprint density at radius 2 is 2.19 bits per heavy atom. The lowest BCUT2D eigenvalue weighted by Gasteiger charge is -2.10. The first-order chi connectivity index (χ1) is 10.1. The average molecular weight is 324 g/mol. The Kier molecular flexibility index (Phi) is 6.48. The molecule has 21 heavy (non-hydrogen) atoms. The van der Waals surface area contributed by atoms with Crippen molar-refractivity contribution in [3.8, 4) is 0 Å². The molecule has 0 radical (unpaired) electrons. The van der Waals surface area contributed by atoms with Crippen molar-refractivity contribution in [3.05, 3.63) is 35.4 Å². The van der Waals surface area contributed by atoms with Gasteiger partial charge in [-0.2, -0.15) is 0 Å². The van der Waals surface area contributed by atoms with Gasteiger partial charge in [-0.25, -0.2) is 0 Å². The zero-order chi connectivity index (χ0) is 15.1. The third kappa shape index (κ3) is 5.65. The number of amides is 1. The summed E-state index contributed by atoms with van der Waals surface area (Å²) < 4.78 is 5.47. The van der Waals surface area contributed by atoms with Crippen LogP contribution in [-0.4, -0.2) is 35.9 Å². The summed E-state index contributed by atoms with van der Waals surface area (Å²) in [7, 11) is 0. The molecule has 3 N–H and O–H groups in total. The number of nitrogens with two attached hydrogens (primary N) is 1. The molecule has 0 aliphatic carbocycles. The Labute approximate surface area is 134 Å². The highest BCUT2D eigenvalue weighted by Crippen LogP contribution is 2.14. The molecule has 2 rings (SSSR count). The molecule has 4 nitrogen and oxygen atoms in total. The molecule has 1 saturated heterocycles. The molecule has 0 aromatic heterocycles. The predicted octanol–water partition coefficient (Wildman–Crippen LogP) is 1.85. The van der Waals surface area contributed by atoms with Gasteiger partial charge in [-0.15, -0.1) is 11.8 Å². The van der Waals surface area contributed by atoms with Crippen molar-refractivity contribution in [1.82, 2.24) is 5.32 Å². The summed E-state index contributed by atoms with van der Waals surface area (Å²) in [6.07, 6.45) is 2.34. The van der Waals surface area contributed by atoms with E-state index in [0.717, 1.165) is 36.3 Å². The molecule has 0 spiro atoms. The fourth-order valence-electron chi connectivity index (χ4n) is 2.11. The van der Waals surface area contributed by atoms with Gasteiger partial charge in [0.05, 0.1) is 11.9 Å². The minimum absolute atomic E-state index is 0.0651. The van der Waals surface area contributed by atoms with E-state index in [4.69, 9.17) is 22.7 Å². The maximum atomic E-state index is 11.7. The van der Waals surface area contributed by atoms with Crippen LogP contribution >= 0.6 is 24.0 Å². The summed E-state index contributed by atoms with van der Waals surface area (Å²) in [5, 5.41) is 2.92. The number of carbonyl (C=O) groups excluding carboxylic acids is 1. The van der Waals surface area contributed by atoms with E-state index in [9.17, 15) is 4.79 Å². The number of carbonyl (C=O) groups is 1. The van der Waals surface area contributed by atoms with E-state index in [1.54, 1.807) is 11.8 Å². The van der Waals surface area contributed by atoms with E-state index >= 15 is 0 Å². The van der Waals surface area contributed by atoms with Gasteiger partial charge in [-0.05, 0) is 18.4 Å². The molecular weight excluding hydrogens is 304 g/mol. The molecule has 1 aliphatic heterocycles.